The Morgan fingerprint density at radius 2 is 1.94 bits per heavy atom. The maximum atomic E-state index is 6.15. The lowest BCUT2D eigenvalue weighted by Gasteiger charge is -2.30. The van der Waals surface area contributed by atoms with Gasteiger partial charge in [-0.05, 0) is 31.1 Å². The third-order valence-electron chi connectivity index (χ3n) is 3.40. The van der Waals surface area contributed by atoms with Crippen molar-refractivity contribution in [3.63, 3.8) is 0 Å². The van der Waals surface area contributed by atoms with Crippen molar-refractivity contribution in [2.45, 2.75) is 31.2 Å². The molecule has 2 unspecified atom stereocenters. The van der Waals surface area contributed by atoms with Gasteiger partial charge >= 0.3 is 0 Å². The normalized spacial score (nSPS) is 37.3. The Hall–Kier alpha value is -1.12. The Kier molecular flexibility index (Phi) is 2.16. The summed E-state index contributed by atoms with van der Waals surface area (Å²) in [7, 11) is 0. The van der Waals surface area contributed by atoms with Crippen LogP contribution < -0.4 is 0 Å². The number of ether oxygens (including phenoxy) is 2. The molecule has 0 aromatic heterocycles. The van der Waals surface area contributed by atoms with Gasteiger partial charge in [-0.25, -0.2) is 0 Å². The van der Waals surface area contributed by atoms with Gasteiger partial charge in [-0.15, -0.1) is 0 Å². The van der Waals surface area contributed by atoms with Crippen LogP contribution in [-0.4, -0.2) is 12.4 Å². The Balaban J connectivity index is 1.90. The van der Waals surface area contributed by atoms with Crippen LogP contribution in [0.25, 0.3) is 0 Å². The first kappa shape index (κ1) is 10.1. The molecule has 0 aliphatic carbocycles. The van der Waals surface area contributed by atoms with Gasteiger partial charge in [0.1, 0.15) is 5.60 Å². The summed E-state index contributed by atoms with van der Waals surface area (Å²) in [5, 5.41) is 0. The van der Waals surface area contributed by atoms with Crippen molar-refractivity contribution in [2.75, 3.05) is 6.61 Å². The topological polar surface area (TPSA) is 18.5 Å². The molecule has 0 N–H and O–H groups in total. The van der Waals surface area contributed by atoms with Gasteiger partial charge in [0, 0.05) is 6.42 Å². The highest BCUT2D eigenvalue weighted by molar-refractivity contribution is 5.30. The SMILES string of the molecule is CC1(c2ccccc2)C=CC2(CCCO2)O1. The van der Waals surface area contributed by atoms with E-state index in [4.69, 9.17) is 9.47 Å². The number of hydrogen-bond acceptors (Lipinski definition) is 2. The third kappa shape index (κ3) is 1.49. The van der Waals surface area contributed by atoms with E-state index in [9.17, 15) is 0 Å². The fourth-order valence-corrected chi connectivity index (χ4v) is 2.48. The van der Waals surface area contributed by atoms with Crippen molar-refractivity contribution >= 4 is 0 Å². The van der Waals surface area contributed by atoms with E-state index in [0.717, 1.165) is 19.4 Å². The van der Waals surface area contributed by atoms with E-state index in [1.54, 1.807) is 0 Å². The largest absolute Gasteiger partial charge is 0.346 e. The van der Waals surface area contributed by atoms with E-state index in [-0.39, 0.29) is 5.60 Å². The predicted octanol–water partition coefficient (Wildman–Crippen LogP) is 2.99. The summed E-state index contributed by atoms with van der Waals surface area (Å²) < 4.78 is 11.9. The summed E-state index contributed by atoms with van der Waals surface area (Å²) in [4.78, 5) is 0. The van der Waals surface area contributed by atoms with Crippen LogP contribution in [0.1, 0.15) is 25.3 Å². The Bertz CT molecular complexity index is 404. The fraction of sp³-hybridized carbons (Fsp3) is 0.429. The molecule has 1 fully saturated rings. The molecule has 2 aliphatic heterocycles. The van der Waals surface area contributed by atoms with Gasteiger partial charge in [0.05, 0.1) is 6.61 Å². The highest BCUT2D eigenvalue weighted by Crippen LogP contribution is 2.43. The Morgan fingerprint density at radius 1 is 1.12 bits per heavy atom. The molecule has 84 valence electrons. The van der Waals surface area contributed by atoms with Crippen molar-refractivity contribution in [3.8, 4) is 0 Å². The molecule has 1 spiro atoms. The molecule has 2 nitrogen and oxygen atoms in total. The van der Waals surface area contributed by atoms with E-state index in [0.29, 0.717) is 0 Å². The lowest BCUT2D eigenvalue weighted by Crippen LogP contribution is -2.32. The van der Waals surface area contributed by atoms with Crippen LogP contribution in [0.5, 0.6) is 0 Å². The minimum atomic E-state index is -0.454. The summed E-state index contributed by atoms with van der Waals surface area (Å²) >= 11 is 0. The summed E-state index contributed by atoms with van der Waals surface area (Å²) in [6.07, 6.45) is 6.24. The summed E-state index contributed by atoms with van der Waals surface area (Å²) in [5.41, 5.74) is 0.838. The fourth-order valence-electron chi connectivity index (χ4n) is 2.48. The van der Waals surface area contributed by atoms with Gasteiger partial charge in [-0.3, -0.25) is 0 Å². The predicted molar refractivity (Wildman–Crippen MR) is 61.9 cm³/mol. The van der Waals surface area contributed by atoms with Crippen molar-refractivity contribution < 1.29 is 9.47 Å². The van der Waals surface area contributed by atoms with E-state index in [2.05, 4.69) is 31.2 Å². The highest BCUT2D eigenvalue weighted by atomic mass is 16.7. The molecule has 1 saturated heterocycles. The average molecular weight is 216 g/mol. The molecule has 2 aliphatic rings. The van der Waals surface area contributed by atoms with E-state index in [1.165, 1.54) is 5.56 Å². The molecular formula is C14H16O2. The molecule has 0 bridgehead atoms. The van der Waals surface area contributed by atoms with E-state index < -0.39 is 5.79 Å². The van der Waals surface area contributed by atoms with Gasteiger partial charge in [0.25, 0.3) is 0 Å². The minimum Gasteiger partial charge on any atom is -0.346 e. The van der Waals surface area contributed by atoms with Gasteiger partial charge in [0.15, 0.2) is 5.79 Å². The van der Waals surface area contributed by atoms with Gasteiger partial charge in [-0.1, -0.05) is 30.3 Å². The molecule has 1 aromatic carbocycles. The molecule has 2 heterocycles. The van der Waals surface area contributed by atoms with Crippen LogP contribution >= 0.6 is 0 Å². The monoisotopic (exact) mass is 216 g/mol. The first-order chi connectivity index (χ1) is 7.73. The summed E-state index contributed by atoms with van der Waals surface area (Å²) in [6.45, 7) is 2.89. The van der Waals surface area contributed by atoms with E-state index >= 15 is 0 Å². The van der Waals surface area contributed by atoms with Crippen molar-refractivity contribution in [1.29, 1.82) is 0 Å². The summed E-state index contributed by atoms with van der Waals surface area (Å²) in [6, 6.07) is 10.3. The lowest BCUT2D eigenvalue weighted by molar-refractivity contribution is -0.210. The molecule has 2 heteroatoms. The van der Waals surface area contributed by atoms with Gasteiger partial charge in [0.2, 0.25) is 0 Å². The average Bonchev–Trinajstić information content (AvgIpc) is 2.90. The van der Waals surface area contributed by atoms with Crippen LogP contribution in [0.4, 0.5) is 0 Å². The second-order valence-corrected chi connectivity index (χ2v) is 4.67. The van der Waals surface area contributed by atoms with Gasteiger partial charge in [-0.2, -0.15) is 0 Å². The van der Waals surface area contributed by atoms with Crippen LogP contribution in [0, 0.1) is 0 Å². The zero-order chi connectivity index (χ0) is 11.1. The van der Waals surface area contributed by atoms with E-state index in [1.807, 2.05) is 18.2 Å². The molecule has 3 rings (SSSR count). The Morgan fingerprint density at radius 3 is 2.62 bits per heavy atom. The maximum Gasteiger partial charge on any atom is 0.189 e. The lowest BCUT2D eigenvalue weighted by atomic mass is 9.97. The molecule has 0 radical (unpaired) electrons. The maximum absolute atomic E-state index is 6.15. The zero-order valence-corrected chi connectivity index (χ0v) is 9.48. The third-order valence-corrected chi connectivity index (χ3v) is 3.40. The number of rotatable bonds is 1. The first-order valence-electron chi connectivity index (χ1n) is 5.83. The van der Waals surface area contributed by atoms with Crippen molar-refractivity contribution in [3.05, 3.63) is 48.0 Å². The quantitative estimate of drug-likeness (QED) is 0.672. The van der Waals surface area contributed by atoms with Crippen molar-refractivity contribution in [1.82, 2.24) is 0 Å². The van der Waals surface area contributed by atoms with Crippen LogP contribution in [0.2, 0.25) is 0 Å². The molecule has 16 heavy (non-hydrogen) atoms. The van der Waals surface area contributed by atoms with Crippen LogP contribution in [0.3, 0.4) is 0 Å². The minimum absolute atomic E-state index is 0.342. The van der Waals surface area contributed by atoms with Crippen LogP contribution in [-0.2, 0) is 15.1 Å². The molecule has 0 amide bonds. The molecular weight excluding hydrogens is 200 g/mol. The summed E-state index contributed by atoms with van der Waals surface area (Å²) in [5.74, 6) is -0.454. The molecule has 2 atom stereocenters. The first-order valence-corrected chi connectivity index (χ1v) is 5.83. The zero-order valence-electron chi connectivity index (χ0n) is 9.48. The Labute approximate surface area is 95.9 Å². The smallest absolute Gasteiger partial charge is 0.189 e. The van der Waals surface area contributed by atoms with Gasteiger partial charge < -0.3 is 9.47 Å². The van der Waals surface area contributed by atoms with Crippen molar-refractivity contribution in [2.24, 2.45) is 0 Å². The second-order valence-electron chi connectivity index (χ2n) is 4.67. The standard InChI is InChI=1S/C14H16O2/c1-13(12-6-3-2-4-7-12)9-10-14(16-13)8-5-11-15-14/h2-4,6-7,9-10H,5,8,11H2,1H3. The van der Waals surface area contributed by atoms with Crippen LogP contribution in [0.15, 0.2) is 42.5 Å². The molecule has 1 aromatic rings. The number of benzene rings is 1. The molecule has 0 saturated carbocycles. The number of hydrogen-bond donors (Lipinski definition) is 0. The highest BCUT2D eigenvalue weighted by Gasteiger charge is 2.45. The second kappa shape index (κ2) is 3.44.